The molecular formula is C18H23NO4. The Labute approximate surface area is 136 Å². The number of ether oxygens (including phenoxy) is 1. The van der Waals surface area contributed by atoms with Gasteiger partial charge in [0, 0.05) is 18.9 Å². The maximum atomic E-state index is 12.0. The van der Waals surface area contributed by atoms with Crippen LogP contribution in [-0.4, -0.2) is 23.6 Å². The van der Waals surface area contributed by atoms with Crippen LogP contribution in [0.3, 0.4) is 0 Å². The van der Waals surface area contributed by atoms with Crippen molar-refractivity contribution in [2.24, 2.45) is 17.8 Å². The first kappa shape index (κ1) is 15.8. The molecule has 2 saturated carbocycles. The first-order valence-electron chi connectivity index (χ1n) is 8.35. The number of carboxylic acids is 1. The molecule has 1 aromatic rings. The lowest BCUT2D eigenvalue weighted by Crippen LogP contribution is -2.25. The third-order valence-electron chi connectivity index (χ3n) is 4.60. The number of aliphatic carboxylic acids is 1. The number of hydrogen-bond acceptors (Lipinski definition) is 3. The molecule has 2 N–H and O–H groups in total. The number of rotatable bonds is 9. The van der Waals surface area contributed by atoms with Gasteiger partial charge in [-0.3, -0.25) is 9.59 Å². The van der Waals surface area contributed by atoms with Crippen LogP contribution in [0.2, 0.25) is 0 Å². The molecule has 5 nitrogen and oxygen atoms in total. The fourth-order valence-electron chi connectivity index (χ4n) is 3.00. The Morgan fingerprint density at radius 2 is 1.96 bits per heavy atom. The van der Waals surface area contributed by atoms with Crippen LogP contribution in [0.15, 0.2) is 24.3 Å². The Hall–Kier alpha value is -2.04. The van der Waals surface area contributed by atoms with Gasteiger partial charge in [0.2, 0.25) is 5.91 Å². The molecule has 2 aliphatic rings. The van der Waals surface area contributed by atoms with Crippen molar-refractivity contribution in [1.82, 2.24) is 5.32 Å². The second kappa shape index (κ2) is 7.02. The highest BCUT2D eigenvalue weighted by molar-refractivity contribution is 5.81. The Morgan fingerprint density at radius 1 is 1.22 bits per heavy atom. The number of carbonyl (C=O) groups is 2. The van der Waals surface area contributed by atoms with Crippen molar-refractivity contribution >= 4 is 11.9 Å². The van der Waals surface area contributed by atoms with Crippen LogP contribution in [0.25, 0.3) is 0 Å². The summed E-state index contributed by atoms with van der Waals surface area (Å²) < 4.78 is 5.48. The maximum Gasteiger partial charge on any atom is 0.303 e. The summed E-state index contributed by atoms with van der Waals surface area (Å²) in [6.07, 6.45) is 4.30. The van der Waals surface area contributed by atoms with Gasteiger partial charge >= 0.3 is 5.97 Å². The minimum Gasteiger partial charge on any atom is -0.494 e. The summed E-state index contributed by atoms with van der Waals surface area (Å²) in [5.74, 6) is 1.83. The zero-order valence-corrected chi connectivity index (χ0v) is 13.2. The van der Waals surface area contributed by atoms with E-state index in [1.54, 1.807) is 0 Å². The van der Waals surface area contributed by atoms with Crippen molar-refractivity contribution in [2.45, 2.75) is 38.6 Å². The third-order valence-corrected chi connectivity index (χ3v) is 4.60. The fourth-order valence-corrected chi connectivity index (χ4v) is 3.00. The predicted molar refractivity (Wildman–Crippen MR) is 85.0 cm³/mol. The first-order valence-corrected chi connectivity index (χ1v) is 8.35. The molecule has 0 heterocycles. The zero-order chi connectivity index (χ0) is 16.2. The van der Waals surface area contributed by atoms with E-state index < -0.39 is 5.97 Å². The van der Waals surface area contributed by atoms with Gasteiger partial charge in [0.15, 0.2) is 0 Å². The minimum atomic E-state index is -0.806. The predicted octanol–water partition coefficient (Wildman–Crippen LogP) is 2.59. The van der Waals surface area contributed by atoms with E-state index in [1.165, 1.54) is 12.8 Å². The summed E-state index contributed by atoms with van der Waals surface area (Å²) in [6, 6.07) is 7.56. The molecule has 1 aromatic carbocycles. The lowest BCUT2D eigenvalue weighted by Gasteiger charge is -2.08. The van der Waals surface area contributed by atoms with Crippen molar-refractivity contribution in [3.63, 3.8) is 0 Å². The van der Waals surface area contributed by atoms with Gasteiger partial charge in [-0.05, 0) is 55.2 Å². The summed E-state index contributed by atoms with van der Waals surface area (Å²) >= 11 is 0. The smallest absolute Gasteiger partial charge is 0.303 e. The average molecular weight is 317 g/mol. The van der Waals surface area contributed by atoms with Crippen LogP contribution >= 0.6 is 0 Å². The fraction of sp³-hybridized carbons (Fsp3) is 0.556. The highest BCUT2D eigenvalue weighted by Gasteiger charge is 2.50. The number of carboxylic acid groups (broad SMARTS) is 1. The summed E-state index contributed by atoms with van der Waals surface area (Å²) in [6.45, 7) is 0.943. The molecule has 5 heteroatoms. The standard InChI is InChI=1S/C18H23NO4/c20-17(21)2-1-9-23-14-7-3-12(4-8-14)11-19-18(22)16-10-15(16)13-5-6-13/h3-4,7-8,13,15-16H,1-2,5-6,9-11H2,(H,19,22)(H,20,21)/t15-,16+/m1/s1. The summed E-state index contributed by atoms with van der Waals surface area (Å²) in [5, 5.41) is 11.6. The average Bonchev–Trinajstić information content (AvgIpc) is 3.41. The molecule has 1 amide bonds. The highest BCUT2D eigenvalue weighted by atomic mass is 16.5. The van der Waals surface area contributed by atoms with E-state index in [0.29, 0.717) is 25.5 Å². The topological polar surface area (TPSA) is 75.6 Å². The first-order chi connectivity index (χ1) is 11.1. The lowest BCUT2D eigenvalue weighted by molar-refractivity contribution is -0.137. The molecule has 0 radical (unpaired) electrons. The van der Waals surface area contributed by atoms with Crippen LogP contribution in [0.1, 0.15) is 37.7 Å². The molecule has 0 saturated heterocycles. The quantitative estimate of drug-likeness (QED) is 0.686. The number of amides is 1. The lowest BCUT2D eigenvalue weighted by atomic mass is 10.2. The van der Waals surface area contributed by atoms with Gasteiger partial charge in [-0.1, -0.05) is 12.1 Å². The minimum absolute atomic E-state index is 0.118. The molecule has 0 unspecified atom stereocenters. The summed E-state index contributed by atoms with van der Waals surface area (Å²) in [7, 11) is 0. The van der Waals surface area contributed by atoms with E-state index in [1.807, 2.05) is 24.3 Å². The van der Waals surface area contributed by atoms with Crippen molar-refractivity contribution in [2.75, 3.05) is 6.61 Å². The van der Waals surface area contributed by atoms with Gasteiger partial charge in [0.05, 0.1) is 6.61 Å². The number of benzene rings is 1. The van der Waals surface area contributed by atoms with E-state index in [9.17, 15) is 9.59 Å². The van der Waals surface area contributed by atoms with Gasteiger partial charge in [-0.2, -0.15) is 0 Å². The molecule has 3 rings (SSSR count). The molecule has 0 aromatic heterocycles. The normalized spacial score (nSPS) is 22.4. The van der Waals surface area contributed by atoms with Crippen molar-refractivity contribution in [3.8, 4) is 5.75 Å². The molecule has 2 aliphatic carbocycles. The second-order valence-electron chi connectivity index (χ2n) is 6.55. The SMILES string of the molecule is O=C(O)CCCOc1ccc(CNC(=O)[C@H]2C[C@@H]2C2CC2)cc1. The largest absolute Gasteiger partial charge is 0.494 e. The highest BCUT2D eigenvalue weighted by Crippen LogP contribution is 2.54. The van der Waals surface area contributed by atoms with Gasteiger partial charge in [-0.25, -0.2) is 0 Å². The van der Waals surface area contributed by atoms with E-state index in [4.69, 9.17) is 9.84 Å². The Balaban J connectivity index is 1.35. The monoisotopic (exact) mass is 317 g/mol. The zero-order valence-electron chi connectivity index (χ0n) is 13.2. The molecule has 2 atom stereocenters. The molecule has 0 spiro atoms. The van der Waals surface area contributed by atoms with Gasteiger partial charge in [0.1, 0.15) is 5.75 Å². The van der Waals surface area contributed by atoms with Crippen LogP contribution in [-0.2, 0) is 16.1 Å². The number of hydrogen-bond donors (Lipinski definition) is 2. The van der Waals surface area contributed by atoms with Crippen LogP contribution < -0.4 is 10.1 Å². The van der Waals surface area contributed by atoms with Crippen LogP contribution in [0.5, 0.6) is 5.75 Å². The molecule has 0 aliphatic heterocycles. The maximum absolute atomic E-state index is 12.0. The Bertz CT molecular complexity index is 565. The third kappa shape index (κ3) is 4.71. The summed E-state index contributed by atoms with van der Waals surface area (Å²) in [5.41, 5.74) is 1.04. The summed E-state index contributed by atoms with van der Waals surface area (Å²) in [4.78, 5) is 22.4. The van der Waals surface area contributed by atoms with Gasteiger partial charge < -0.3 is 15.2 Å². The van der Waals surface area contributed by atoms with Gasteiger partial charge in [0.25, 0.3) is 0 Å². The number of nitrogens with one attached hydrogen (secondary N) is 1. The van der Waals surface area contributed by atoms with Crippen molar-refractivity contribution in [3.05, 3.63) is 29.8 Å². The van der Waals surface area contributed by atoms with Crippen LogP contribution in [0.4, 0.5) is 0 Å². The van der Waals surface area contributed by atoms with Crippen molar-refractivity contribution in [1.29, 1.82) is 0 Å². The Kier molecular flexibility index (Phi) is 4.84. The molecule has 0 bridgehead atoms. The molecule has 23 heavy (non-hydrogen) atoms. The van der Waals surface area contributed by atoms with Gasteiger partial charge in [-0.15, -0.1) is 0 Å². The number of carbonyl (C=O) groups excluding carboxylic acids is 1. The molecule has 2 fully saturated rings. The Morgan fingerprint density at radius 3 is 2.61 bits per heavy atom. The van der Waals surface area contributed by atoms with E-state index in [0.717, 1.165) is 23.7 Å². The molecular weight excluding hydrogens is 294 g/mol. The van der Waals surface area contributed by atoms with E-state index in [-0.39, 0.29) is 18.2 Å². The van der Waals surface area contributed by atoms with E-state index in [2.05, 4.69) is 5.32 Å². The second-order valence-corrected chi connectivity index (χ2v) is 6.55. The van der Waals surface area contributed by atoms with Crippen molar-refractivity contribution < 1.29 is 19.4 Å². The van der Waals surface area contributed by atoms with E-state index >= 15 is 0 Å². The van der Waals surface area contributed by atoms with Crippen LogP contribution in [0, 0.1) is 17.8 Å². The molecule has 124 valence electrons.